The first-order chi connectivity index (χ1) is 12.6. The average molecular weight is 372 g/mol. The van der Waals surface area contributed by atoms with Gasteiger partial charge in [0.2, 0.25) is 0 Å². The van der Waals surface area contributed by atoms with E-state index in [-0.39, 0.29) is 5.92 Å². The second-order valence-corrected chi connectivity index (χ2v) is 7.68. The van der Waals surface area contributed by atoms with Gasteiger partial charge in [0.15, 0.2) is 0 Å². The van der Waals surface area contributed by atoms with Crippen molar-refractivity contribution in [1.29, 1.82) is 0 Å². The predicted octanol–water partition coefficient (Wildman–Crippen LogP) is 4.59. The molecular formula is C23H33NO3. The van der Waals surface area contributed by atoms with Gasteiger partial charge in [0.25, 0.3) is 0 Å². The highest BCUT2D eigenvalue weighted by atomic mass is 16.5. The molecule has 4 heteroatoms. The molecule has 2 aromatic carbocycles. The summed E-state index contributed by atoms with van der Waals surface area (Å²) in [4.78, 5) is 2.04. The minimum atomic E-state index is -1.20. The quantitative estimate of drug-likeness (QED) is 0.807. The zero-order valence-electron chi connectivity index (χ0n) is 18.1. The summed E-state index contributed by atoms with van der Waals surface area (Å²) in [6, 6.07) is 8.05. The summed E-state index contributed by atoms with van der Waals surface area (Å²) in [5.74, 6) is 1.45. The van der Waals surface area contributed by atoms with Gasteiger partial charge in [-0.2, -0.15) is 0 Å². The van der Waals surface area contributed by atoms with Gasteiger partial charge < -0.3 is 19.5 Å². The van der Waals surface area contributed by atoms with Crippen LogP contribution in [0.1, 0.15) is 41.7 Å². The lowest BCUT2D eigenvalue weighted by atomic mass is 9.74. The number of aliphatic hydroxyl groups is 1. The molecule has 1 atom stereocenters. The van der Waals surface area contributed by atoms with Gasteiger partial charge in [-0.1, -0.05) is 26.0 Å². The van der Waals surface area contributed by atoms with Crippen LogP contribution in [0.15, 0.2) is 24.3 Å². The van der Waals surface area contributed by atoms with Crippen molar-refractivity contribution in [3.8, 4) is 11.5 Å². The normalized spacial score (nSPS) is 13.4. The summed E-state index contributed by atoms with van der Waals surface area (Å²) in [7, 11) is 7.34. The first-order valence-corrected chi connectivity index (χ1v) is 9.33. The molecule has 148 valence electrons. The standard InChI is InChI=1S/C23H33NO3/c1-14(2)23(25,18-10-12-19(13-11-18)24(6)7)20-17(5)21(26-8)15(3)16(4)22(20)27-9/h10-14,25H,1-9H3. The number of methoxy groups -OCH3 is 2. The SMILES string of the molecule is COc1c(C)c(C)c(OC)c(C(O)(c2ccc(N(C)C)cc2)C(C)C)c1C. The molecule has 4 nitrogen and oxygen atoms in total. The fourth-order valence-corrected chi connectivity index (χ4v) is 3.89. The summed E-state index contributed by atoms with van der Waals surface area (Å²) in [5, 5.41) is 12.0. The summed E-state index contributed by atoms with van der Waals surface area (Å²) >= 11 is 0. The maximum Gasteiger partial charge on any atom is 0.129 e. The molecule has 0 radical (unpaired) electrons. The molecule has 2 rings (SSSR count). The lowest BCUT2D eigenvalue weighted by molar-refractivity contribution is 0.0285. The summed E-state index contributed by atoms with van der Waals surface area (Å²) in [5.41, 5.74) is 4.43. The van der Waals surface area contributed by atoms with E-state index in [1.165, 1.54) is 0 Å². The van der Waals surface area contributed by atoms with Gasteiger partial charge in [0.1, 0.15) is 17.1 Å². The van der Waals surface area contributed by atoms with Crippen molar-refractivity contribution >= 4 is 5.69 Å². The molecule has 0 saturated heterocycles. The summed E-state index contributed by atoms with van der Waals surface area (Å²) < 4.78 is 11.5. The lowest BCUT2D eigenvalue weighted by Crippen LogP contribution is -2.35. The number of hydrogen-bond acceptors (Lipinski definition) is 4. The molecule has 1 unspecified atom stereocenters. The molecule has 0 saturated carbocycles. The van der Waals surface area contributed by atoms with Crippen LogP contribution < -0.4 is 14.4 Å². The van der Waals surface area contributed by atoms with Crippen LogP contribution in [0.5, 0.6) is 11.5 Å². The number of anilines is 1. The van der Waals surface area contributed by atoms with Gasteiger partial charge in [0, 0.05) is 30.9 Å². The molecule has 0 amide bonds. The number of ether oxygens (including phenoxy) is 2. The van der Waals surface area contributed by atoms with Crippen LogP contribution in [0, 0.1) is 26.7 Å². The van der Waals surface area contributed by atoms with Crippen molar-refractivity contribution < 1.29 is 14.6 Å². The third kappa shape index (κ3) is 3.39. The molecule has 0 spiro atoms. The third-order valence-electron chi connectivity index (χ3n) is 5.64. The van der Waals surface area contributed by atoms with Gasteiger partial charge in [-0.15, -0.1) is 0 Å². The van der Waals surface area contributed by atoms with Crippen LogP contribution in [0.25, 0.3) is 0 Å². The van der Waals surface area contributed by atoms with Crippen molar-refractivity contribution in [2.45, 2.75) is 40.2 Å². The Kier molecular flexibility index (Phi) is 6.10. The molecule has 0 fully saturated rings. The molecule has 0 aromatic heterocycles. The van der Waals surface area contributed by atoms with E-state index in [4.69, 9.17) is 9.47 Å². The van der Waals surface area contributed by atoms with Crippen LogP contribution in [0.2, 0.25) is 0 Å². The maximum absolute atomic E-state index is 12.0. The Labute approximate surface area is 163 Å². The topological polar surface area (TPSA) is 41.9 Å². The third-order valence-corrected chi connectivity index (χ3v) is 5.64. The Morgan fingerprint density at radius 1 is 0.852 bits per heavy atom. The number of benzene rings is 2. The molecule has 1 N–H and O–H groups in total. The number of rotatable bonds is 6. The molecule has 0 aliphatic heterocycles. The number of nitrogens with zero attached hydrogens (tertiary/aromatic N) is 1. The molecule has 0 bridgehead atoms. The zero-order valence-corrected chi connectivity index (χ0v) is 18.1. The fourth-order valence-electron chi connectivity index (χ4n) is 3.89. The van der Waals surface area contributed by atoms with E-state index in [0.717, 1.165) is 45.0 Å². The molecule has 0 aliphatic carbocycles. The minimum absolute atomic E-state index is 0.0675. The van der Waals surface area contributed by atoms with Crippen molar-refractivity contribution in [3.63, 3.8) is 0 Å². The van der Waals surface area contributed by atoms with Gasteiger partial charge in [-0.25, -0.2) is 0 Å². The van der Waals surface area contributed by atoms with Crippen LogP contribution in [0.3, 0.4) is 0 Å². The largest absolute Gasteiger partial charge is 0.496 e. The molecule has 0 heterocycles. The second kappa shape index (κ2) is 7.81. The molecular weight excluding hydrogens is 338 g/mol. The Morgan fingerprint density at radius 3 is 1.74 bits per heavy atom. The van der Waals surface area contributed by atoms with Crippen LogP contribution in [0.4, 0.5) is 5.69 Å². The van der Waals surface area contributed by atoms with Crippen LogP contribution >= 0.6 is 0 Å². The van der Waals surface area contributed by atoms with E-state index < -0.39 is 5.60 Å². The molecule has 27 heavy (non-hydrogen) atoms. The predicted molar refractivity (Wildman–Crippen MR) is 112 cm³/mol. The van der Waals surface area contributed by atoms with E-state index in [2.05, 4.69) is 0 Å². The van der Waals surface area contributed by atoms with E-state index in [1.54, 1.807) is 14.2 Å². The summed E-state index contributed by atoms with van der Waals surface area (Å²) in [6.07, 6.45) is 0. The van der Waals surface area contributed by atoms with E-state index in [0.29, 0.717) is 0 Å². The van der Waals surface area contributed by atoms with Gasteiger partial charge in [0.05, 0.1) is 14.2 Å². The highest BCUT2D eigenvalue weighted by Crippen LogP contribution is 2.48. The van der Waals surface area contributed by atoms with Gasteiger partial charge >= 0.3 is 0 Å². The van der Waals surface area contributed by atoms with E-state index in [1.807, 2.05) is 77.9 Å². The van der Waals surface area contributed by atoms with E-state index in [9.17, 15) is 5.11 Å². The van der Waals surface area contributed by atoms with Crippen LogP contribution in [-0.4, -0.2) is 33.4 Å². The van der Waals surface area contributed by atoms with Gasteiger partial charge in [-0.05, 0) is 55.5 Å². The van der Waals surface area contributed by atoms with E-state index >= 15 is 0 Å². The molecule has 0 aliphatic rings. The van der Waals surface area contributed by atoms with Gasteiger partial charge in [-0.3, -0.25) is 0 Å². The zero-order chi connectivity index (χ0) is 20.5. The Morgan fingerprint density at radius 2 is 1.33 bits per heavy atom. The summed E-state index contributed by atoms with van der Waals surface area (Å²) in [6.45, 7) is 10.1. The Bertz CT molecular complexity index is 810. The Balaban J connectivity index is 2.85. The van der Waals surface area contributed by atoms with Crippen LogP contribution in [-0.2, 0) is 5.60 Å². The van der Waals surface area contributed by atoms with Crippen molar-refractivity contribution in [3.05, 3.63) is 52.1 Å². The first kappa shape index (κ1) is 21.1. The monoisotopic (exact) mass is 371 g/mol. The molecule has 2 aromatic rings. The number of hydrogen-bond donors (Lipinski definition) is 1. The van der Waals surface area contributed by atoms with Crippen molar-refractivity contribution in [1.82, 2.24) is 0 Å². The highest BCUT2D eigenvalue weighted by Gasteiger charge is 2.41. The first-order valence-electron chi connectivity index (χ1n) is 9.33. The maximum atomic E-state index is 12.0. The van der Waals surface area contributed by atoms with Crippen molar-refractivity contribution in [2.24, 2.45) is 5.92 Å². The lowest BCUT2D eigenvalue weighted by Gasteiger charge is -2.37. The Hall–Kier alpha value is -2.20. The average Bonchev–Trinajstić information content (AvgIpc) is 2.64. The highest BCUT2D eigenvalue weighted by molar-refractivity contribution is 5.62. The second-order valence-electron chi connectivity index (χ2n) is 7.68. The fraction of sp³-hybridized carbons (Fsp3) is 0.478. The minimum Gasteiger partial charge on any atom is -0.496 e. The van der Waals surface area contributed by atoms with Crippen molar-refractivity contribution in [2.75, 3.05) is 33.2 Å². The smallest absolute Gasteiger partial charge is 0.129 e.